The second-order valence-corrected chi connectivity index (χ2v) is 7.19. The number of rotatable bonds is 4. The molecule has 3 atom stereocenters. The van der Waals surface area contributed by atoms with Gasteiger partial charge in [-0.3, -0.25) is 4.79 Å². The van der Waals surface area contributed by atoms with E-state index in [1.807, 2.05) is 0 Å². The molecule has 18 heavy (non-hydrogen) atoms. The van der Waals surface area contributed by atoms with Crippen molar-refractivity contribution in [2.24, 2.45) is 23.7 Å². The molecule has 0 N–H and O–H groups in total. The third-order valence-electron chi connectivity index (χ3n) is 5.88. The number of carbonyl (C=O) groups excluding carboxylic acids is 1. The average Bonchev–Trinajstić information content (AvgIpc) is 3.25. The van der Waals surface area contributed by atoms with Gasteiger partial charge < -0.3 is 4.90 Å². The summed E-state index contributed by atoms with van der Waals surface area (Å²) in [5, 5.41) is 0. The van der Waals surface area contributed by atoms with E-state index in [0.717, 1.165) is 17.8 Å². The van der Waals surface area contributed by atoms with Gasteiger partial charge in [-0.15, -0.1) is 0 Å². The topological polar surface area (TPSA) is 20.3 Å². The number of carbonyl (C=O) groups is 1. The lowest BCUT2D eigenvalue weighted by molar-refractivity contribution is -0.136. The highest BCUT2D eigenvalue weighted by Gasteiger charge is 2.57. The van der Waals surface area contributed by atoms with E-state index in [9.17, 15) is 4.79 Å². The minimum atomic E-state index is 0.439. The summed E-state index contributed by atoms with van der Waals surface area (Å²) >= 11 is 0. The maximum Gasteiger partial charge on any atom is 0.226 e. The first kappa shape index (κ1) is 11.3. The van der Waals surface area contributed by atoms with E-state index in [1.165, 1.54) is 51.4 Å². The van der Waals surface area contributed by atoms with Crippen LogP contribution in [0.2, 0.25) is 0 Å². The summed E-state index contributed by atoms with van der Waals surface area (Å²) in [5.41, 5.74) is 0. The van der Waals surface area contributed by atoms with Crippen LogP contribution in [0.4, 0.5) is 0 Å². The Morgan fingerprint density at radius 3 is 2.11 bits per heavy atom. The van der Waals surface area contributed by atoms with Gasteiger partial charge in [-0.25, -0.2) is 0 Å². The smallest absolute Gasteiger partial charge is 0.226 e. The van der Waals surface area contributed by atoms with Crippen LogP contribution in [0.1, 0.15) is 58.3 Å². The normalized spacial score (nSPS) is 39.9. The van der Waals surface area contributed by atoms with Gasteiger partial charge in [0, 0.05) is 18.0 Å². The second-order valence-electron chi connectivity index (χ2n) is 7.19. The molecule has 0 heterocycles. The molecule has 4 fully saturated rings. The van der Waals surface area contributed by atoms with Crippen molar-refractivity contribution in [2.75, 3.05) is 0 Å². The van der Waals surface area contributed by atoms with Gasteiger partial charge in [0.15, 0.2) is 0 Å². The molecule has 4 saturated carbocycles. The molecule has 100 valence electrons. The molecular weight excluding hydrogens is 222 g/mol. The second kappa shape index (κ2) is 3.98. The summed E-state index contributed by atoms with van der Waals surface area (Å²) in [7, 11) is 0. The van der Waals surface area contributed by atoms with E-state index in [1.54, 1.807) is 0 Å². The SMILES string of the molecule is C[C@H](C1CC1)N(C(=O)C1[C@H]2CCCC[C@H]12)C1CC1. The molecule has 0 radical (unpaired) electrons. The molecule has 0 unspecified atom stereocenters. The summed E-state index contributed by atoms with van der Waals surface area (Å²) < 4.78 is 0. The van der Waals surface area contributed by atoms with Gasteiger partial charge in [-0.2, -0.15) is 0 Å². The number of amides is 1. The third kappa shape index (κ3) is 1.80. The van der Waals surface area contributed by atoms with Gasteiger partial charge in [0.25, 0.3) is 0 Å². The van der Waals surface area contributed by atoms with Crippen LogP contribution in [-0.2, 0) is 4.79 Å². The fraction of sp³-hybridized carbons (Fsp3) is 0.938. The van der Waals surface area contributed by atoms with Crippen molar-refractivity contribution < 1.29 is 4.79 Å². The summed E-state index contributed by atoms with van der Waals surface area (Å²) in [6.45, 7) is 2.31. The average molecular weight is 247 g/mol. The van der Waals surface area contributed by atoms with E-state index >= 15 is 0 Å². The summed E-state index contributed by atoms with van der Waals surface area (Å²) in [5.74, 6) is 3.37. The van der Waals surface area contributed by atoms with Gasteiger partial charge in [0.05, 0.1) is 0 Å². The number of nitrogens with zero attached hydrogens (tertiary/aromatic N) is 1. The monoisotopic (exact) mass is 247 g/mol. The molecule has 0 aromatic carbocycles. The maximum atomic E-state index is 12.9. The molecule has 4 rings (SSSR count). The zero-order valence-electron chi connectivity index (χ0n) is 11.5. The van der Waals surface area contributed by atoms with Gasteiger partial charge in [-0.05, 0) is 63.2 Å². The van der Waals surface area contributed by atoms with Gasteiger partial charge >= 0.3 is 0 Å². The predicted molar refractivity (Wildman–Crippen MR) is 71.0 cm³/mol. The molecule has 0 bridgehead atoms. The number of hydrogen-bond acceptors (Lipinski definition) is 1. The van der Waals surface area contributed by atoms with Crippen molar-refractivity contribution in [3.8, 4) is 0 Å². The van der Waals surface area contributed by atoms with Crippen molar-refractivity contribution in [3.05, 3.63) is 0 Å². The number of fused-ring (bicyclic) bond motifs is 1. The third-order valence-corrected chi connectivity index (χ3v) is 5.88. The fourth-order valence-electron chi connectivity index (χ4n) is 4.40. The van der Waals surface area contributed by atoms with E-state index in [0.29, 0.717) is 23.9 Å². The minimum Gasteiger partial charge on any atom is -0.336 e. The van der Waals surface area contributed by atoms with Gasteiger partial charge in [0.1, 0.15) is 0 Å². The summed E-state index contributed by atoms with van der Waals surface area (Å²) in [4.78, 5) is 15.2. The van der Waals surface area contributed by atoms with Crippen molar-refractivity contribution in [1.82, 2.24) is 4.90 Å². The van der Waals surface area contributed by atoms with Crippen LogP contribution in [0, 0.1) is 23.7 Å². The lowest BCUT2D eigenvalue weighted by Gasteiger charge is -2.30. The molecule has 0 spiro atoms. The molecular formula is C16H25NO. The van der Waals surface area contributed by atoms with Crippen LogP contribution in [0.5, 0.6) is 0 Å². The Kier molecular flexibility index (Phi) is 2.50. The van der Waals surface area contributed by atoms with E-state index in [4.69, 9.17) is 0 Å². The van der Waals surface area contributed by atoms with Crippen LogP contribution in [0.3, 0.4) is 0 Å². The summed E-state index contributed by atoms with van der Waals surface area (Å²) in [6.07, 6.45) is 10.6. The van der Waals surface area contributed by atoms with E-state index in [-0.39, 0.29) is 0 Å². The molecule has 4 aliphatic rings. The van der Waals surface area contributed by atoms with E-state index in [2.05, 4.69) is 11.8 Å². The molecule has 4 aliphatic carbocycles. The molecule has 0 saturated heterocycles. The van der Waals surface area contributed by atoms with Crippen LogP contribution < -0.4 is 0 Å². The molecule has 2 heteroatoms. The van der Waals surface area contributed by atoms with Crippen molar-refractivity contribution >= 4 is 5.91 Å². The Morgan fingerprint density at radius 1 is 1.00 bits per heavy atom. The highest BCUT2D eigenvalue weighted by atomic mass is 16.2. The first-order valence-electron chi connectivity index (χ1n) is 8.09. The molecule has 1 amide bonds. The lowest BCUT2D eigenvalue weighted by atomic mass is 10.0. The fourth-order valence-corrected chi connectivity index (χ4v) is 4.40. The standard InChI is InChI=1S/C16H25NO/c1-10(11-6-7-11)17(12-8-9-12)16(18)15-13-4-2-3-5-14(13)15/h10-15H,2-9H2,1H3/t10-,13+,14+/m1/s1. The Hall–Kier alpha value is -0.530. The van der Waals surface area contributed by atoms with Crippen molar-refractivity contribution in [2.45, 2.75) is 70.4 Å². The lowest BCUT2D eigenvalue weighted by Crippen LogP contribution is -2.43. The van der Waals surface area contributed by atoms with Gasteiger partial charge in [0.2, 0.25) is 5.91 Å². The molecule has 2 nitrogen and oxygen atoms in total. The molecule has 0 aromatic heterocycles. The minimum absolute atomic E-state index is 0.439. The van der Waals surface area contributed by atoms with Crippen LogP contribution in [0.15, 0.2) is 0 Å². The zero-order valence-corrected chi connectivity index (χ0v) is 11.5. The Balaban J connectivity index is 1.47. The van der Waals surface area contributed by atoms with Gasteiger partial charge in [-0.1, -0.05) is 12.8 Å². The Bertz CT molecular complexity index is 346. The highest BCUT2D eigenvalue weighted by molar-refractivity contribution is 5.83. The predicted octanol–water partition coefficient (Wildman–Crippen LogP) is 3.21. The highest BCUT2D eigenvalue weighted by Crippen LogP contribution is 2.57. The van der Waals surface area contributed by atoms with E-state index < -0.39 is 0 Å². The Morgan fingerprint density at radius 2 is 1.61 bits per heavy atom. The number of hydrogen-bond donors (Lipinski definition) is 0. The van der Waals surface area contributed by atoms with Crippen LogP contribution >= 0.6 is 0 Å². The quantitative estimate of drug-likeness (QED) is 0.747. The molecule has 0 aliphatic heterocycles. The van der Waals surface area contributed by atoms with Crippen LogP contribution in [0.25, 0.3) is 0 Å². The Labute approximate surface area is 110 Å². The first-order chi connectivity index (χ1) is 8.77. The van der Waals surface area contributed by atoms with Crippen LogP contribution in [-0.4, -0.2) is 22.9 Å². The first-order valence-corrected chi connectivity index (χ1v) is 8.09. The maximum absolute atomic E-state index is 12.9. The van der Waals surface area contributed by atoms with Crippen molar-refractivity contribution in [3.63, 3.8) is 0 Å². The zero-order chi connectivity index (χ0) is 12.3. The summed E-state index contributed by atoms with van der Waals surface area (Å²) in [6, 6.07) is 1.16. The largest absolute Gasteiger partial charge is 0.336 e. The molecule has 0 aromatic rings. The van der Waals surface area contributed by atoms with Crippen molar-refractivity contribution in [1.29, 1.82) is 0 Å².